The van der Waals surface area contributed by atoms with E-state index in [4.69, 9.17) is 0 Å². The summed E-state index contributed by atoms with van der Waals surface area (Å²) >= 11 is 0. The largest absolute Gasteiger partial charge is 0.315 e. The summed E-state index contributed by atoms with van der Waals surface area (Å²) in [4.78, 5) is 2.54. The molecule has 1 rings (SSSR count). The van der Waals surface area contributed by atoms with E-state index in [0.717, 1.165) is 13.1 Å². The Bertz CT molecular complexity index is 159. The second kappa shape index (κ2) is 9.00. The molecule has 0 aliphatic carbocycles. The quantitative estimate of drug-likeness (QED) is 0.743. The monoisotopic (exact) mass is 228 g/mol. The second-order valence-electron chi connectivity index (χ2n) is 4.91. The maximum atomic E-state index is 3.56. The molecule has 1 aliphatic heterocycles. The van der Waals surface area contributed by atoms with E-state index < -0.39 is 0 Å². The Morgan fingerprint density at radius 3 is 2.50 bits per heavy atom. The number of rotatable bonds is 4. The topological polar surface area (TPSA) is 15.3 Å². The van der Waals surface area contributed by atoms with Gasteiger partial charge in [0.2, 0.25) is 0 Å². The Balaban J connectivity index is 0.00000106. The third-order valence-corrected chi connectivity index (χ3v) is 3.56. The lowest BCUT2D eigenvalue weighted by Gasteiger charge is -2.38. The van der Waals surface area contributed by atoms with Crippen molar-refractivity contribution in [2.75, 3.05) is 26.7 Å². The molecule has 1 heterocycles. The fourth-order valence-electron chi connectivity index (χ4n) is 2.25. The summed E-state index contributed by atoms with van der Waals surface area (Å²) in [5.74, 6) is 0. The van der Waals surface area contributed by atoms with Crippen molar-refractivity contribution in [3.05, 3.63) is 0 Å². The van der Waals surface area contributed by atoms with Gasteiger partial charge in [-0.05, 0) is 46.3 Å². The van der Waals surface area contributed by atoms with Crippen LogP contribution >= 0.6 is 0 Å². The molecule has 1 saturated heterocycles. The van der Waals surface area contributed by atoms with Crippen LogP contribution in [-0.4, -0.2) is 37.1 Å². The molecule has 16 heavy (non-hydrogen) atoms. The molecule has 1 fully saturated rings. The number of likely N-dealkylation sites (tertiary alicyclic amines) is 1. The van der Waals surface area contributed by atoms with E-state index in [1.165, 1.54) is 38.6 Å². The van der Waals surface area contributed by atoms with Crippen LogP contribution in [-0.2, 0) is 0 Å². The van der Waals surface area contributed by atoms with Crippen LogP contribution in [0.5, 0.6) is 0 Å². The molecule has 0 aromatic carbocycles. The molecule has 2 nitrogen and oxygen atoms in total. The third-order valence-electron chi connectivity index (χ3n) is 3.56. The Hall–Kier alpha value is -0.0800. The van der Waals surface area contributed by atoms with Crippen molar-refractivity contribution < 1.29 is 0 Å². The zero-order valence-corrected chi connectivity index (χ0v) is 12.1. The Labute approximate surface area is 103 Å². The molecule has 0 aromatic rings. The molecule has 1 N–H and O–H groups in total. The summed E-state index contributed by atoms with van der Waals surface area (Å²) in [6.45, 7) is 12.2. The Kier molecular flexibility index (Phi) is 8.96. The maximum absolute atomic E-state index is 3.56. The van der Waals surface area contributed by atoms with Gasteiger partial charge >= 0.3 is 0 Å². The summed E-state index contributed by atoms with van der Waals surface area (Å²) in [5.41, 5.74) is 0.395. The van der Waals surface area contributed by atoms with Crippen molar-refractivity contribution in [1.29, 1.82) is 0 Å². The van der Waals surface area contributed by atoms with Crippen molar-refractivity contribution in [2.24, 2.45) is 0 Å². The number of nitrogens with one attached hydrogen (secondary N) is 1. The summed E-state index contributed by atoms with van der Waals surface area (Å²) in [6.07, 6.45) is 6.77. The molecule has 1 unspecified atom stereocenters. The average Bonchev–Trinajstić information content (AvgIpc) is 2.46. The zero-order valence-electron chi connectivity index (χ0n) is 12.1. The van der Waals surface area contributed by atoms with Crippen molar-refractivity contribution in [3.63, 3.8) is 0 Å². The first-order valence-electron chi connectivity index (χ1n) is 7.11. The number of hydrogen-bond acceptors (Lipinski definition) is 2. The first-order chi connectivity index (χ1) is 7.69. The molecule has 98 valence electrons. The standard InChI is InChI=1S/C12H26N2.C2H6/c1-4-9-13-11-12(2)8-6-5-7-10-14(12)3;1-2/h13H,4-11H2,1-3H3;1-2H3. The fraction of sp³-hybridized carbons (Fsp3) is 1.00. The van der Waals surface area contributed by atoms with Gasteiger partial charge in [-0.25, -0.2) is 0 Å². The lowest BCUT2D eigenvalue weighted by atomic mass is 9.94. The lowest BCUT2D eigenvalue weighted by Crippen LogP contribution is -2.50. The predicted octanol–water partition coefficient (Wildman–Crippen LogP) is 3.28. The molecular weight excluding hydrogens is 196 g/mol. The van der Waals surface area contributed by atoms with Gasteiger partial charge in [0.1, 0.15) is 0 Å². The van der Waals surface area contributed by atoms with Crippen LogP contribution in [0.4, 0.5) is 0 Å². The van der Waals surface area contributed by atoms with E-state index in [9.17, 15) is 0 Å². The van der Waals surface area contributed by atoms with E-state index in [0.29, 0.717) is 5.54 Å². The van der Waals surface area contributed by atoms with E-state index in [2.05, 4.69) is 31.1 Å². The lowest BCUT2D eigenvalue weighted by molar-refractivity contribution is 0.136. The molecule has 0 bridgehead atoms. The predicted molar refractivity (Wildman–Crippen MR) is 74.0 cm³/mol. The highest BCUT2D eigenvalue weighted by atomic mass is 15.2. The highest BCUT2D eigenvalue weighted by molar-refractivity contribution is 4.88. The minimum absolute atomic E-state index is 0.395. The highest BCUT2D eigenvalue weighted by Crippen LogP contribution is 2.24. The summed E-state index contributed by atoms with van der Waals surface area (Å²) < 4.78 is 0. The van der Waals surface area contributed by atoms with Crippen molar-refractivity contribution >= 4 is 0 Å². The van der Waals surface area contributed by atoms with Crippen LogP contribution in [0, 0.1) is 0 Å². The average molecular weight is 228 g/mol. The Morgan fingerprint density at radius 2 is 1.88 bits per heavy atom. The van der Waals surface area contributed by atoms with E-state index >= 15 is 0 Å². The van der Waals surface area contributed by atoms with Crippen molar-refractivity contribution in [2.45, 2.75) is 65.3 Å². The van der Waals surface area contributed by atoms with Gasteiger partial charge in [0.25, 0.3) is 0 Å². The number of likely N-dealkylation sites (N-methyl/N-ethyl adjacent to an activating group) is 1. The van der Waals surface area contributed by atoms with Gasteiger partial charge in [-0.2, -0.15) is 0 Å². The molecule has 2 heteroatoms. The highest BCUT2D eigenvalue weighted by Gasteiger charge is 2.29. The minimum Gasteiger partial charge on any atom is -0.315 e. The SMILES string of the molecule is CC.CCCNCC1(C)CCCCCN1C. The molecule has 1 aliphatic rings. The maximum Gasteiger partial charge on any atom is 0.0302 e. The van der Waals surface area contributed by atoms with Crippen LogP contribution in [0.3, 0.4) is 0 Å². The molecule has 0 spiro atoms. The number of hydrogen-bond donors (Lipinski definition) is 1. The molecule has 0 radical (unpaired) electrons. The van der Waals surface area contributed by atoms with Crippen LogP contribution in [0.25, 0.3) is 0 Å². The van der Waals surface area contributed by atoms with Crippen LogP contribution < -0.4 is 5.32 Å². The minimum atomic E-state index is 0.395. The number of nitrogens with zero attached hydrogens (tertiary/aromatic N) is 1. The normalized spacial score (nSPS) is 26.8. The van der Waals surface area contributed by atoms with Crippen LogP contribution in [0.15, 0.2) is 0 Å². The molecule has 0 amide bonds. The molecular formula is C14H32N2. The van der Waals surface area contributed by atoms with Gasteiger partial charge in [-0.1, -0.05) is 33.6 Å². The zero-order chi connectivity index (χ0) is 12.4. The van der Waals surface area contributed by atoms with Crippen molar-refractivity contribution in [1.82, 2.24) is 10.2 Å². The first-order valence-corrected chi connectivity index (χ1v) is 7.11. The smallest absolute Gasteiger partial charge is 0.0302 e. The second-order valence-corrected chi connectivity index (χ2v) is 4.91. The van der Waals surface area contributed by atoms with Crippen molar-refractivity contribution in [3.8, 4) is 0 Å². The third kappa shape index (κ3) is 5.31. The van der Waals surface area contributed by atoms with Gasteiger partial charge in [0.05, 0.1) is 0 Å². The van der Waals surface area contributed by atoms with E-state index in [1.807, 2.05) is 13.8 Å². The molecule has 1 atom stereocenters. The van der Waals surface area contributed by atoms with E-state index in [1.54, 1.807) is 0 Å². The summed E-state index contributed by atoms with van der Waals surface area (Å²) in [5, 5.41) is 3.56. The molecule has 0 saturated carbocycles. The first kappa shape index (κ1) is 15.9. The fourth-order valence-corrected chi connectivity index (χ4v) is 2.25. The van der Waals surface area contributed by atoms with Crippen LogP contribution in [0.1, 0.15) is 59.8 Å². The van der Waals surface area contributed by atoms with E-state index in [-0.39, 0.29) is 0 Å². The van der Waals surface area contributed by atoms with Gasteiger partial charge in [0, 0.05) is 12.1 Å². The summed E-state index contributed by atoms with van der Waals surface area (Å²) in [6, 6.07) is 0. The Morgan fingerprint density at radius 1 is 1.19 bits per heavy atom. The molecule has 0 aromatic heterocycles. The van der Waals surface area contributed by atoms with Crippen LogP contribution in [0.2, 0.25) is 0 Å². The van der Waals surface area contributed by atoms with Gasteiger partial charge in [-0.3, -0.25) is 4.90 Å². The van der Waals surface area contributed by atoms with Gasteiger partial charge in [-0.15, -0.1) is 0 Å². The van der Waals surface area contributed by atoms with Gasteiger partial charge < -0.3 is 5.32 Å². The summed E-state index contributed by atoms with van der Waals surface area (Å²) in [7, 11) is 2.28. The van der Waals surface area contributed by atoms with Gasteiger partial charge in [0.15, 0.2) is 0 Å².